The third kappa shape index (κ3) is 4.51. The van der Waals surface area contributed by atoms with Crippen LogP contribution in [0.25, 0.3) is 0 Å². The van der Waals surface area contributed by atoms with Crippen LogP contribution in [0.1, 0.15) is 39.0 Å². The van der Waals surface area contributed by atoms with E-state index in [-0.39, 0.29) is 12.1 Å². The molecule has 0 saturated heterocycles. The van der Waals surface area contributed by atoms with E-state index in [4.69, 9.17) is 4.74 Å². The zero-order chi connectivity index (χ0) is 21.1. The number of carbonyl (C=O) groups is 1. The summed E-state index contributed by atoms with van der Waals surface area (Å²) in [7, 11) is 0. The smallest absolute Gasteiger partial charge is 0.370 e. The maximum Gasteiger partial charge on any atom is 0.433 e. The van der Waals surface area contributed by atoms with Crippen LogP contribution in [0.5, 0.6) is 0 Å². The highest BCUT2D eigenvalue weighted by Gasteiger charge is 2.33. The summed E-state index contributed by atoms with van der Waals surface area (Å²) in [4.78, 5) is 15.6. The number of benzene rings is 1. The zero-order valence-corrected chi connectivity index (χ0v) is 15.9. The molecule has 1 aliphatic heterocycles. The van der Waals surface area contributed by atoms with Crippen molar-refractivity contribution >= 4 is 5.91 Å². The fraction of sp³-hybridized carbons (Fsp3) is 0.286. The van der Waals surface area contributed by atoms with Gasteiger partial charge in [-0.25, -0.2) is 0 Å². The van der Waals surface area contributed by atoms with Gasteiger partial charge < -0.3 is 10.1 Å². The molecule has 3 heterocycles. The van der Waals surface area contributed by atoms with Gasteiger partial charge in [0, 0.05) is 24.5 Å². The first-order chi connectivity index (χ1) is 14.4. The molecule has 0 spiro atoms. The fourth-order valence-electron chi connectivity index (χ4n) is 3.35. The van der Waals surface area contributed by atoms with Gasteiger partial charge in [0.1, 0.15) is 11.8 Å². The highest BCUT2D eigenvalue weighted by molar-refractivity contribution is 5.94. The van der Waals surface area contributed by atoms with Crippen LogP contribution in [0.4, 0.5) is 13.2 Å². The van der Waals surface area contributed by atoms with Gasteiger partial charge in [0.15, 0.2) is 0 Å². The van der Waals surface area contributed by atoms with E-state index in [9.17, 15) is 18.0 Å². The molecule has 2 aromatic heterocycles. The van der Waals surface area contributed by atoms with Crippen molar-refractivity contribution in [3.8, 4) is 0 Å². The third-order valence-electron chi connectivity index (χ3n) is 4.81. The Kier molecular flexibility index (Phi) is 5.54. The van der Waals surface area contributed by atoms with E-state index >= 15 is 0 Å². The number of aromatic nitrogens is 3. The van der Waals surface area contributed by atoms with Crippen LogP contribution in [0, 0.1) is 0 Å². The van der Waals surface area contributed by atoms with E-state index in [0.717, 1.165) is 29.1 Å². The molecular weight excluding hydrogens is 397 g/mol. The molecule has 3 aromatic rings. The molecule has 6 nitrogen and oxygen atoms in total. The molecule has 1 atom stereocenters. The van der Waals surface area contributed by atoms with Gasteiger partial charge in [-0.2, -0.15) is 18.3 Å². The number of amides is 1. The topological polar surface area (TPSA) is 69.0 Å². The highest BCUT2D eigenvalue weighted by Crippen LogP contribution is 2.28. The van der Waals surface area contributed by atoms with Crippen LogP contribution >= 0.6 is 0 Å². The van der Waals surface area contributed by atoms with E-state index in [2.05, 4.69) is 15.4 Å². The highest BCUT2D eigenvalue weighted by atomic mass is 19.4. The molecule has 0 aliphatic carbocycles. The minimum atomic E-state index is -4.61. The number of nitrogens with one attached hydrogen (secondary N) is 1. The van der Waals surface area contributed by atoms with Crippen LogP contribution in [-0.4, -0.2) is 33.8 Å². The first-order valence-electron chi connectivity index (χ1n) is 9.43. The lowest BCUT2D eigenvalue weighted by molar-refractivity contribution is -0.141. The first kappa shape index (κ1) is 20.1. The Labute approximate surface area is 170 Å². The number of halogens is 3. The molecular formula is C21H19F3N4O2. The largest absolute Gasteiger partial charge is 0.433 e. The predicted molar refractivity (Wildman–Crippen MR) is 102 cm³/mol. The quantitative estimate of drug-likeness (QED) is 0.692. The minimum Gasteiger partial charge on any atom is -0.370 e. The van der Waals surface area contributed by atoms with E-state index in [0.29, 0.717) is 19.6 Å². The Morgan fingerprint density at radius 2 is 2.03 bits per heavy atom. The maximum atomic E-state index is 12.8. The van der Waals surface area contributed by atoms with E-state index in [1.54, 1.807) is 0 Å². The number of nitrogens with zero attached hydrogens (tertiary/aromatic N) is 3. The van der Waals surface area contributed by atoms with Crippen molar-refractivity contribution in [3.63, 3.8) is 0 Å². The lowest BCUT2D eigenvalue weighted by Crippen LogP contribution is -2.32. The molecule has 30 heavy (non-hydrogen) atoms. The lowest BCUT2D eigenvalue weighted by Gasteiger charge is -2.22. The predicted octanol–water partition coefficient (Wildman–Crippen LogP) is 3.39. The van der Waals surface area contributed by atoms with Crippen LogP contribution in [0.15, 0.2) is 54.9 Å². The summed E-state index contributed by atoms with van der Waals surface area (Å²) in [6.45, 7) is 1.21. The molecule has 9 heteroatoms. The number of hydrogen-bond donors (Lipinski definition) is 1. The number of rotatable bonds is 5. The second kappa shape index (κ2) is 8.27. The molecule has 1 N–H and O–H groups in total. The summed E-state index contributed by atoms with van der Waals surface area (Å²) in [6, 6.07) is 11.9. The minimum absolute atomic E-state index is 0.108. The van der Waals surface area contributed by atoms with Gasteiger partial charge in [-0.05, 0) is 29.7 Å². The Balaban J connectivity index is 1.44. The Bertz CT molecular complexity index is 1030. The van der Waals surface area contributed by atoms with Gasteiger partial charge in [0.05, 0.1) is 18.8 Å². The van der Waals surface area contributed by atoms with Crippen LogP contribution in [-0.2, 0) is 23.9 Å². The summed E-state index contributed by atoms with van der Waals surface area (Å²) < 4.78 is 46.0. The van der Waals surface area contributed by atoms with Gasteiger partial charge in [0.2, 0.25) is 0 Å². The van der Waals surface area contributed by atoms with Gasteiger partial charge in [-0.15, -0.1) is 0 Å². The molecule has 0 fully saturated rings. The van der Waals surface area contributed by atoms with Crippen molar-refractivity contribution in [2.45, 2.75) is 25.2 Å². The Hall–Kier alpha value is -3.20. The average molecular weight is 416 g/mol. The Morgan fingerprint density at radius 1 is 1.23 bits per heavy atom. The standard InChI is InChI=1S/C21H19F3N4O2/c22-21(23,24)18-10-15(6-8-25-18)20(29)26-11-17-19-16(7-9-30-17)13-28(27-19)12-14-4-2-1-3-5-14/h1-6,8,10,13,17H,7,9,11-12H2,(H,26,29)/t17-/m0/s1. The van der Waals surface area contributed by atoms with Crippen molar-refractivity contribution < 1.29 is 22.7 Å². The van der Waals surface area contributed by atoms with E-state index in [1.165, 1.54) is 6.07 Å². The number of fused-ring (bicyclic) bond motifs is 1. The molecule has 156 valence electrons. The second-order valence-corrected chi connectivity index (χ2v) is 6.97. The number of hydrogen-bond acceptors (Lipinski definition) is 4. The summed E-state index contributed by atoms with van der Waals surface area (Å²) in [5, 5.41) is 7.25. The number of pyridine rings is 1. The summed E-state index contributed by atoms with van der Waals surface area (Å²) >= 11 is 0. The van der Waals surface area contributed by atoms with Crippen molar-refractivity contribution in [1.29, 1.82) is 0 Å². The van der Waals surface area contributed by atoms with Crippen molar-refractivity contribution in [2.75, 3.05) is 13.2 Å². The fourth-order valence-corrected chi connectivity index (χ4v) is 3.35. The maximum absolute atomic E-state index is 12.8. The van der Waals surface area contributed by atoms with Crippen LogP contribution in [0.3, 0.4) is 0 Å². The second-order valence-electron chi connectivity index (χ2n) is 6.97. The molecule has 1 aromatic carbocycles. The monoisotopic (exact) mass is 416 g/mol. The number of ether oxygens (including phenoxy) is 1. The third-order valence-corrected chi connectivity index (χ3v) is 4.81. The van der Waals surface area contributed by atoms with Crippen molar-refractivity contribution in [2.24, 2.45) is 0 Å². The average Bonchev–Trinajstić information content (AvgIpc) is 3.15. The molecule has 0 saturated carbocycles. The van der Waals surface area contributed by atoms with Crippen LogP contribution < -0.4 is 5.32 Å². The molecule has 0 radical (unpaired) electrons. The number of alkyl halides is 3. The van der Waals surface area contributed by atoms with E-state index in [1.807, 2.05) is 41.2 Å². The van der Waals surface area contributed by atoms with Gasteiger partial charge in [0.25, 0.3) is 5.91 Å². The van der Waals surface area contributed by atoms with Crippen molar-refractivity contribution in [3.05, 3.63) is 82.9 Å². The molecule has 1 aliphatic rings. The van der Waals surface area contributed by atoms with Crippen LogP contribution in [0.2, 0.25) is 0 Å². The first-order valence-corrected chi connectivity index (χ1v) is 9.43. The normalized spacial score (nSPS) is 16.2. The molecule has 0 bridgehead atoms. The SMILES string of the molecule is O=C(NC[C@@H]1OCCc2cn(Cc3ccccc3)nc21)c1ccnc(C(F)(F)F)c1. The Morgan fingerprint density at radius 3 is 2.80 bits per heavy atom. The molecule has 1 amide bonds. The van der Waals surface area contributed by atoms with E-state index < -0.39 is 23.9 Å². The lowest BCUT2D eigenvalue weighted by atomic mass is 10.1. The zero-order valence-electron chi connectivity index (χ0n) is 15.9. The number of carbonyl (C=O) groups excluding carboxylic acids is 1. The van der Waals surface area contributed by atoms with Gasteiger partial charge >= 0.3 is 6.18 Å². The summed E-state index contributed by atoms with van der Waals surface area (Å²) in [5.74, 6) is -0.623. The van der Waals surface area contributed by atoms with Gasteiger partial charge in [-0.3, -0.25) is 14.5 Å². The van der Waals surface area contributed by atoms with Crippen molar-refractivity contribution in [1.82, 2.24) is 20.1 Å². The summed E-state index contributed by atoms with van der Waals surface area (Å²) in [5.41, 5.74) is 1.68. The molecule has 0 unspecified atom stereocenters. The summed E-state index contributed by atoms with van der Waals surface area (Å²) in [6.07, 6.45) is -1.41. The molecule has 4 rings (SSSR count). The van der Waals surface area contributed by atoms with Gasteiger partial charge in [-0.1, -0.05) is 30.3 Å².